The van der Waals surface area contributed by atoms with Crippen molar-refractivity contribution < 1.29 is 17.9 Å². The fourth-order valence-corrected chi connectivity index (χ4v) is 3.05. The minimum atomic E-state index is -3.62. The normalized spacial score (nSPS) is 11.3. The minimum Gasteiger partial charge on any atom is -0.462 e. The van der Waals surface area contributed by atoms with Crippen LogP contribution in [0.25, 0.3) is 0 Å². The Hall–Kier alpha value is -1.84. The molecule has 0 aliphatic heterocycles. The molecule has 1 aromatic rings. The third-order valence-corrected chi connectivity index (χ3v) is 5.25. The lowest BCUT2D eigenvalue weighted by Gasteiger charge is -2.16. The van der Waals surface area contributed by atoms with Crippen molar-refractivity contribution in [3.8, 4) is 12.3 Å². The molecule has 0 saturated carbocycles. The molecule has 6 heteroatoms. The van der Waals surface area contributed by atoms with Gasteiger partial charge >= 0.3 is 5.97 Å². The maximum atomic E-state index is 12.3. The van der Waals surface area contributed by atoms with Gasteiger partial charge in [0.15, 0.2) is 0 Å². The molecule has 0 amide bonds. The molecule has 0 unspecified atom stereocenters. The molecule has 0 heterocycles. The third kappa shape index (κ3) is 4.09. The zero-order valence-electron chi connectivity index (χ0n) is 13.3. The zero-order valence-corrected chi connectivity index (χ0v) is 14.2. The Morgan fingerprint density at radius 3 is 2.50 bits per heavy atom. The largest absolute Gasteiger partial charge is 0.462 e. The van der Waals surface area contributed by atoms with Crippen molar-refractivity contribution in [1.29, 1.82) is 0 Å². The summed E-state index contributed by atoms with van der Waals surface area (Å²) in [7, 11) is -0.710. The number of rotatable bonds is 6. The Labute approximate surface area is 132 Å². The van der Waals surface area contributed by atoms with Gasteiger partial charge in [0.2, 0.25) is 10.0 Å². The molecule has 0 aliphatic carbocycles. The number of hydrogen-bond acceptors (Lipinski definition) is 4. The summed E-state index contributed by atoms with van der Waals surface area (Å²) in [6.45, 7) is 3.69. The number of nitrogens with zero attached hydrogens (tertiary/aromatic N) is 1. The molecule has 1 rings (SSSR count). The van der Waals surface area contributed by atoms with E-state index >= 15 is 0 Å². The zero-order chi connectivity index (χ0) is 16.9. The second kappa shape index (κ2) is 7.43. The lowest BCUT2D eigenvalue weighted by molar-refractivity contribution is 0.0501. The van der Waals surface area contributed by atoms with E-state index in [1.165, 1.54) is 20.2 Å². The number of sulfonamides is 1. The average molecular weight is 323 g/mol. The van der Waals surface area contributed by atoms with Gasteiger partial charge in [0.1, 0.15) is 0 Å². The first-order valence-electron chi connectivity index (χ1n) is 6.86. The Balaban J connectivity index is 3.12. The average Bonchev–Trinajstić information content (AvgIpc) is 2.45. The van der Waals surface area contributed by atoms with Crippen molar-refractivity contribution >= 4 is 16.0 Å². The maximum Gasteiger partial charge on any atom is 0.338 e. The molecular weight excluding hydrogens is 302 g/mol. The first-order chi connectivity index (χ1) is 10.2. The van der Waals surface area contributed by atoms with Crippen molar-refractivity contribution in [1.82, 2.24) is 4.31 Å². The summed E-state index contributed by atoms with van der Waals surface area (Å²) in [6, 6.07) is 2.99. The van der Waals surface area contributed by atoms with Crippen LogP contribution in [0.15, 0.2) is 17.0 Å². The first-order valence-corrected chi connectivity index (χ1v) is 8.30. The van der Waals surface area contributed by atoms with Gasteiger partial charge in [-0.1, -0.05) is 0 Å². The highest BCUT2D eigenvalue weighted by molar-refractivity contribution is 7.89. The Bertz CT molecular complexity index is 700. The van der Waals surface area contributed by atoms with E-state index in [1.807, 2.05) is 0 Å². The van der Waals surface area contributed by atoms with E-state index in [1.54, 1.807) is 19.9 Å². The molecule has 1 aromatic carbocycles. The summed E-state index contributed by atoms with van der Waals surface area (Å²) < 4.78 is 30.9. The summed E-state index contributed by atoms with van der Waals surface area (Å²) in [5.74, 6) is 1.92. The van der Waals surface area contributed by atoms with E-state index in [2.05, 4.69) is 5.92 Å². The predicted molar refractivity (Wildman–Crippen MR) is 85.1 cm³/mol. The number of carbonyl (C=O) groups excluding carboxylic acids is 1. The molecule has 0 saturated heterocycles. The molecule has 0 aromatic heterocycles. The lowest BCUT2D eigenvalue weighted by Crippen LogP contribution is -2.24. The summed E-state index contributed by atoms with van der Waals surface area (Å²) in [6.07, 6.45) is 6.23. The van der Waals surface area contributed by atoms with Crippen LogP contribution in [0, 0.1) is 26.2 Å². The highest BCUT2D eigenvalue weighted by Crippen LogP contribution is 2.23. The quantitative estimate of drug-likeness (QED) is 0.457. The second-order valence-electron chi connectivity index (χ2n) is 5.15. The molecule has 0 bridgehead atoms. The van der Waals surface area contributed by atoms with Gasteiger partial charge < -0.3 is 4.74 Å². The van der Waals surface area contributed by atoms with E-state index < -0.39 is 16.0 Å². The van der Waals surface area contributed by atoms with Crippen LogP contribution < -0.4 is 0 Å². The highest BCUT2D eigenvalue weighted by Gasteiger charge is 2.23. The Morgan fingerprint density at radius 1 is 1.32 bits per heavy atom. The van der Waals surface area contributed by atoms with Gasteiger partial charge in [0.05, 0.1) is 17.1 Å². The van der Waals surface area contributed by atoms with Crippen molar-refractivity contribution in [3.63, 3.8) is 0 Å². The van der Waals surface area contributed by atoms with E-state index in [0.717, 1.165) is 9.87 Å². The van der Waals surface area contributed by atoms with Crippen molar-refractivity contribution in [2.45, 2.75) is 31.6 Å². The topological polar surface area (TPSA) is 63.7 Å². The molecule has 0 spiro atoms. The number of benzene rings is 1. The number of ether oxygens (including phenoxy) is 1. The molecular formula is C16H21NO4S. The van der Waals surface area contributed by atoms with E-state index in [0.29, 0.717) is 18.4 Å². The van der Waals surface area contributed by atoms with Gasteiger partial charge in [-0.15, -0.1) is 12.3 Å². The number of hydrogen-bond donors (Lipinski definition) is 0. The minimum absolute atomic E-state index is 0.119. The SMILES string of the molecule is C#CCCCOC(=O)c1cc(C)c(C)c(S(=O)(=O)N(C)C)c1. The van der Waals surface area contributed by atoms with Gasteiger partial charge in [-0.05, 0) is 43.5 Å². The lowest BCUT2D eigenvalue weighted by atomic mass is 10.1. The molecule has 5 nitrogen and oxygen atoms in total. The number of terminal acetylenes is 1. The van der Waals surface area contributed by atoms with Crippen molar-refractivity contribution in [2.75, 3.05) is 20.7 Å². The fraction of sp³-hybridized carbons (Fsp3) is 0.438. The Kier molecular flexibility index (Phi) is 6.15. The number of aryl methyl sites for hydroxylation is 1. The summed E-state index contributed by atoms with van der Waals surface area (Å²) in [4.78, 5) is 12.2. The monoisotopic (exact) mass is 323 g/mol. The van der Waals surface area contributed by atoms with Gasteiger partial charge in [0.25, 0.3) is 0 Å². The van der Waals surface area contributed by atoms with Crippen LogP contribution in [0.5, 0.6) is 0 Å². The third-order valence-electron chi connectivity index (χ3n) is 3.31. The highest BCUT2D eigenvalue weighted by atomic mass is 32.2. The van der Waals surface area contributed by atoms with E-state index in [-0.39, 0.29) is 17.1 Å². The summed E-state index contributed by atoms with van der Waals surface area (Å²) in [5.41, 5.74) is 1.57. The molecule has 0 radical (unpaired) electrons. The van der Waals surface area contributed by atoms with Crippen LogP contribution >= 0.6 is 0 Å². The standard InChI is InChI=1S/C16H21NO4S/c1-6-7-8-9-21-16(18)14-10-12(2)13(3)15(11-14)22(19,20)17(4)5/h1,10-11H,7-9H2,2-5H3. The van der Waals surface area contributed by atoms with Gasteiger partial charge in [-0.3, -0.25) is 0 Å². The summed E-state index contributed by atoms with van der Waals surface area (Å²) in [5, 5.41) is 0. The molecule has 120 valence electrons. The van der Waals surface area contributed by atoms with Crippen molar-refractivity contribution in [2.24, 2.45) is 0 Å². The van der Waals surface area contributed by atoms with E-state index in [4.69, 9.17) is 11.2 Å². The smallest absolute Gasteiger partial charge is 0.338 e. The fourth-order valence-electron chi connectivity index (χ4n) is 1.83. The number of unbranched alkanes of at least 4 members (excludes halogenated alkanes) is 1. The van der Waals surface area contributed by atoms with Gasteiger partial charge in [0, 0.05) is 20.5 Å². The van der Waals surface area contributed by atoms with Crippen LogP contribution in [0.4, 0.5) is 0 Å². The van der Waals surface area contributed by atoms with Gasteiger partial charge in [-0.25, -0.2) is 17.5 Å². The summed E-state index contributed by atoms with van der Waals surface area (Å²) >= 11 is 0. The number of esters is 1. The molecule has 0 N–H and O–H groups in total. The Morgan fingerprint density at radius 2 is 1.95 bits per heavy atom. The molecule has 22 heavy (non-hydrogen) atoms. The van der Waals surface area contributed by atoms with Crippen LogP contribution in [0.1, 0.15) is 34.3 Å². The molecule has 0 aliphatic rings. The van der Waals surface area contributed by atoms with Crippen LogP contribution in [0.3, 0.4) is 0 Å². The predicted octanol–water partition coefficient (Wildman–Crippen LogP) is 2.12. The van der Waals surface area contributed by atoms with Crippen LogP contribution in [-0.2, 0) is 14.8 Å². The van der Waals surface area contributed by atoms with Crippen LogP contribution in [0.2, 0.25) is 0 Å². The first kappa shape index (κ1) is 18.2. The maximum absolute atomic E-state index is 12.3. The second-order valence-corrected chi connectivity index (χ2v) is 7.27. The van der Waals surface area contributed by atoms with Crippen molar-refractivity contribution in [3.05, 3.63) is 28.8 Å². The van der Waals surface area contributed by atoms with Gasteiger partial charge in [-0.2, -0.15) is 0 Å². The van der Waals surface area contributed by atoms with E-state index in [9.17, 15) is 13.2 Å². The van der Waals surface area contributed by atoms with Crippen LogP contribution in [-0.4, -0.2) is 39.4 Å². The number of carbonyl (C=O) groups is 1. The molecule has 0 atom stereocenters. The molecule has 0 fully saturated rings.